The zero-order valence-corrected chi connectivity index (χ0v) is 19.3. The summed E-state index contributed by atoms with van der Waals surface area (Å²) in [6.07, 6.45) is 6.11. The molecule has 0 aliphatic rings. The van der Waals surface area contributed by atoms with E-state index in [0.717, 1.165) is 54.2 Å². The van der Waals surface area contributed by atoms with Crippen molar-refractivity contribution in [3.63, 3.8) is 0 Å². The van der Waals surface area contributed by atoms with Crippen LogP contribution in [0.15, 0.2) is 48.6 Å². The fraction of sp³-hybridized carbons (Fsp3) is 0.280. The number of carboxylic acids is 2. The highest BCUT2D eigenvalue weighted by Gasteiger charge is 2.12. The molecule has 0 radical (unpaired) electrons. The second kappa shape index (κ2) is 12.2. The molecule has 176 valence electrons. The maximum Gasteiger partial charge on any atom is 0.328 e. The van der Waals surface area contributed by atoms with Gasteiger partial charge in [-0.2, -0.15) is 0 Å². The molecule has 2 aromatic rings. The van der Waals surface area contributed by atoms with Gasteiger partial charge in [-0.05, 0) is 54.0 Å². The van der Waals surface area contributed by atoms with Crippen molar-refractivity contribution in [2.75, 3.05) is 51.2 Å². The third-order valence-electron chi connectivity index (χ3n) is 5.05. The first-order valence-electron chi connectivity index (χ1n) is 10.4. The molecule has 0 fully saturated rings. The Morgan fingerprint density at radius 1 is 0.788 bits per heavy atom. The van der Waals surface area contributed by atoms with E-state index >= 15 is 0 Å². The Kier molecular flexibility index (Phi) is 9.35. The van der Waals surface area contributed by atoms with Gasteiger partial charge in [0.15, 0.2) is 0 Å². The molecule has 0 aliphatic carbocycles. The molecule has 0 spiro atoms. The standard InChI is InChI=1S/C25H30N2O6/c1-26(20-10-6-18(8-12-24(28)29)16-22(20)32-3)14-5-15-27(2)21-11-7-19(9-13-25(30)31)17-23(21)33-4/h6-13,16-17H,5,14-15H2,1-4H3,(H,28,29)(H,30,31). The van der Waals surface area contributed by atoms with Crippen LogP contribution in [0.25, 0.3) is 12.2 Å². The van der Waals surface area contributed by atoms with Crippen LogP contribution in [0.3, 0.4) is 0 Å². The molecule has 0 atom stereocenters. The molecule has 0 unspecified atom stereocenters. The summed E-state index contributed by atoms with van der Waals surface area (Å²) in [5, 5.41) is 17.6. The number of aliphatic carboxylic acids is 2. The van der Waals surface area contributed by atoms with Gasteiger partial charge in [0, 0.05) is 39.3 Å². The van der Waals surface area contributed by atoms with E-state index in [9.17, 15) is 9.59 Å². The van der Waals surface area contributed by atoms with Gasteiger partial charge in [0.25, 0.3) is 0 Å². The summed E-state index contributed by atoms with van der Waals surface area (Å²) in [4.78, 5) is 25.6. The molecule has 0 bridgehead atoms. The molecule has 2 aromatic carbocycles. The number of anilines is 2. The number of benzene rings is 2. The molecule has 0 saturated carbocycles. The zero-order valence-electron chi connectivity index (χ0n) is 19.3. The Bertz CT molecular complexity index is 950. The molecule has 8 nitrogen and oxygen atoms in total. The molecular weight excluding hydrogens is 424 g/mol. The van der Waals surface area contributed by atoms with Crippen LogP contribution in [0.4, 0.5) is 11.4 Å². The minimum atomic E-state index is -0.998. The van der Waals surface area contributed by atoms with E-state index in [1.807, 2.05) is 50.5 Å². The van der Waals surface area contributed by atoms with Crippen LogP contribution in [0, 0.1) is 0 Å². The van der Waals surface area contributed by atoms with Crippen molar-refractivity contribution < 1.29 is 29.3 Å². The lowest BCUT2D eigenvalue weighted by molar-refractivity contribution is -0.132. The van der Waals surface area contributed by atoms with Crippen molar-refractivity contribution in [1.82, 2.24) is 0 Å². The highest BCUT2D eigenvalue weighted by atomic mass is 16.5. The lowest BCUT2D eigenvalue weighted by Gasteiger charge is -2.25. The van der Waals surface area contributed by atoms with Crippen molar-refractivity contribution >= 4 is 35.5 Å². The van der Waals surface area contributed by atoms with Crippen molar-refractivity contribution in [1.29, 1.82) is 0 Å². The number of rotatable bonds is 12. The van der Waals surface area contributed by atoms with Crippen LogP contribution in [0.5, 0.6) is 11.5 Å². The molecule has 0 aliphatic heterocycles. The average molecular weight is 455 g/mol. The first kappa shape index (κ1) is 25.3. The van der Waals surface area contributed by atoms with Crippen LogP contribution in [0.2, 0.25) is 0 Å². The van der Waals surface area contributed by atoms with Gasteiger partial charge in [-0.3, -0.25) is 0 Å². The molecule has 0 saturated heterocycles. The highest BCUT2D eigenvalue weighted by Crippen LogP contribution is 2.31. The van der Waals surface area contributed by atoms with E-state index in [1.54, 1.807) is 14.2 Å². The number of hydrogen-bond acceptors (Lipinski definition) is 6. The first-order valence-corrected chi connectivity index (χ1v) is 10.4. The first-order chi connectivity index (χ1) is 15.7. The van der Waals surface area contributed by atoms with E-state index in [-0.39, 0.29) is 0 Å². The number of ether oxygens (including phenoxy) is 2. The summed E-state index contributed by atoms with van der Waals surface area (Å²) in [5.74, 6) is -0.653. The zero-order chi connectivity index (χ0) is 24.4. The minimum Gasteiger partial charge on any atom is -0.495 e. The van der Waals surface area contributed by atoms with E-state index < -0.39 is 11.9 Å². The molecule has 0 heterocycles. The van der Waals surface area contributed by atoms with E-state index in [4.69, 9.17) is 19.7 Å². The lowest BCUT2D eigenvalue weighted by Crippen LogP contribution is -2.25. The largest absolute Gasteiger partial charge is 0.495 e. The number of carbonyl (C=O) groups is 2. The van der Waals surface area contributed by atoms with Gasteiger partial charge < -0.3 is 29.5 Å². The van der Waals surface area contributed by atoms with E-state index in [1.165, 1.54) is 12.2 Å². The Balaban J connectivity index is 2.02. The number of methoxy groups -OCH3 is 2. The SMILES string of the molecule is COc1cc(C=CC(=O)O)ccc1N(C)CCCN(C)c1ccc(C=CC(=O)O)cc1OC. The average Bonchev–Trinajstić information content (AvgIpc) is 2.80. The molecular formula is C25H30N2O6. The van der Waals surface area contributed by atoms with Gasteiger partial charge in [-0.1, -0.05) is 12.1 Å². The second-order valence-electron chi connectivity index (χ2n) is 7.40. The fourth-order valence-corrected chi connectivity index (χ4v) is 3.35. The Morgan fingerprint density at radius 3 is 1.52 bits per heavy atom. The van der Waals surface area contributed by atoms with Crippen LogP contribution >= 0.6 is 0 Å². The number of nitrogens with zero attached hydrogens (tertiary/aromatic N) is 2. The second-order valence-corrected chi connectivity index (χ2v) is 7.40. The summed E-state index contributed by atoms with van der Waals surface area (Å²) < 4.78 is 11.0. The van der Waals surface area contributed by atoms with Crippen LogP contribution in [0.1, 0.15) is 17.5 Å². The topological polar surface area (TPSA) is 99.5 Å². The quantitative estimate of drug-likeness (QED) is 0.467. The van der Waals surface area contributed by atoms with Crippen molar-refractivity contribution in [3.05, 3.63) is 59.7 Å². The summed E-state index contributed by atoms with van der Waals surface area (Å²) in [6.45, 7) is 1.54. The Morgan fingerprint density at radius 2 is 1.18 bits per heavy atom. The number of carboxylic acid groups (broad SMARTS) is 2. The molecule has 33 heavy (non-hydrogen) atoms. The number of hydrogen-bond donors (Lipinski definition) is 2. The fourth-order valence-electron chi connectivity index (χ4n) is 3.35. The van der Waals surface area contributed by atoms with Crippen LogP contribution in [-0.2, 0) is 9.59 Å². The normalized spacial score (nSPS) is 11.0. The predicted molar refractivity (Wildman–Crippen MR) is 130 cm³/mol. The van der Waals surface area contributed by atoms with Crippen molar-refractivity contribution in [2.24, 2.45) is 0 Å². The minimum absolute atomic E-state index is 0.671. The van der Waals surface area contributed by atoms with Gasteiger partial charge in [0.05, 0.1) is 25.6 Å². The van der Waals surface area contributed by atoms with Crippen LogP contribution in [-0.4, -0.2) is 63.6 Å². The van der Waals surface area contributed by atoms with Crippen molar-refractivity contribution in [3.8, 4) is 11.5 Å². The van der Waals surface area contributed by atoms with Gasteiger partial charge in [0.2, 0.25) is 0 Å². The summed E-state index contributed by atoms with van der Waals surface area (Å²) in [5.41, 5.74) is 3.33. The smallest absolute Gasteiger partial charge is 0.328 e. The third-order valence-corrected chi connectivity index (χ3v) is 5.05. The van der Waals surface area contributed by atoms with E-state index in [0.29, 0.717) is 11.5 Å². The summed E-state index contributed by atoms with van der Waals surface area (Å²) >= 11 is 0. The highest BCUT2D eigenvalue weighted by molar-refractivity contribution is 5.86. The molecule has 8 heteroatoms. The van der Waals surface area contributed by atoms with Gasteiger partial charge in [-0.15, -0.1) is 0 Å². The molecule has 2 N–H and O–H groups in total. The molecule has 0 amide bonds. The Labute approximate surface area is 194 Å². The van der Waals surface area contributed by atoms with E-state index in [2.05, 4.69) is 9.80 Å². The van der Waals surface area contributed by atoms with Crippen LogP contribution < -0.4 is 19.3 Å². The monoisotopic (exact) mass is 454 g/mol. The maximum absolute atomic E-state index is 10.7. The summed E-state index contributed by atoms with van der Waals surface area (Å²) in [6, 6.07) is 11.1. The van der Waals surface area contributed by atoms with Gasteiger partial charge >= 0.3 is 11.9 Å². The molecule has 2 rings (SSSR count). The van der Waals surface area contributed by atoms with Gasteiger partial charge in [-0.25, -0.2) is 9.59 Å². The summed E-state index contributed by atoms with van der Waals surface area (Å²) in [7, 11) is 7.14. The predicted octanol–water partition coefficient (Wildman–Crippen LogP) is 3.86. The lowest BCUT2D eigenvalue weighted by atomic mass is 10.1. The van der Waals surface area contributed by atoms with Crippen molar-refractivity contribution in [2.45, 2.75) is 6.42 Å². The maximum atomic E-state index is 10.7. The Hall–Kier alpha value is -3.94. The molecule has 0 aromatic heterocycles. The van der Waals surface area contributed by atoms with Gasteiger partial charge in [0.1, 0.15) is 11.5 Å². The third kappa shape index (κ3) is 7.60.